The zero-order chi connectivity index (χ0) is 36.7. The zero-order valence-electron chi connectivity index (χ0n) is 35.7. The molecule has 0 N–H and O–H groups in total. The second-order valence-corrected chi connectivity index (χ2v) is 26.2. The van der Waals surface area contributed by atoms with Crippen LogP contribution in [-0.2, 0) is 4.74 Å². The molecule has 9 saturated carbocycles. The van der Waals surface area contributed by atoms with Crippen LogP contribution in [-0.4, -0.2) is 56.2 Å². The molecule has 9 aliphatic carbocycles. The average molecular weight is 802 g/mol. The summed E-state index contributed by atoms with van der Waals surface area (Å²) in [5.41, 5.74) is 0. The van der Waals surface area contributed by atoms with Gasteiger partial charge >= 0.3 is 0 Å². The summed E-state index contributed by atoms with van der Waals surface area (Å²) in [6.07, 6.45) is 49.0. The first-order valence-corrected chi connectivity index (χ1v) is 28.4. The van der Waals surface area contributed by atoms with Crippen LogP contribution in [0.1, 0.15) is 199 Å². The maximum absolute atomic E-state index is 6.93. The minimum Gasteiger partial charge on any atom is -0.374 e. The molecule has 2 nitrogen and oxygen atoms in total. The molecule has 4 heteroatoms. The van der Waals surface area contributed by atoms with Gasteiger partial charge in [0.1, 0.15) is 0 Å². The molecule has 0 aromatic rings. The van der Waals surface area contributed by atoms with Gasteiger partial charge in [-0.25, -0.2) is 0 Å². The highest BCUT2D eigenvalue weighted by atomic mass is 32.2. The molecule has 0 aromatic heterocycles. The van der Waals surface area contributed by atoms with Crippen molar-refractivity contribution in [3.05, 3.63) is 0 Å². The quantitative estimate of drug-likeness (QED) is 0.274. The van der Waals surface area contributed by atoms with Crippen LogP contribution in [0.25, 0.3) is 0 Å². The van der Waals surface area contributed by atoms with Crippen LogP contribution >= 0.6 is 23.5 Å². The van der Waals surface area contributed by atoms with Crippen LogP contribution < -0.4 is 0 Å². The summed E-state index contributed by atoms with van der Waals surface area (Å²) in [6, 6.07) is 2.69. The Morgan fingerprint density at radius 3 is 1.84 bits per heavy atom. The van der Waals surface area contributed by atoms with Crippen LogP contribution in [0.15, 0.2) is 0 Å². The van der Waals surface area contributed by atoms with Gasteiger partial charge in [-0.15, -0.1) is 0 Å². The predicted octanol–water partition coefficient (Wildman–Crippen LogP) is 13.7. The first-order chi connectivity index (χ1) is 27.8. The van der Waals surface area contributed by atoms with Crippen molar-refractivity contribution < 1.29 is 4.74 Å². The van der Waals surface area contributed by atoms with E-state index < -0.39 is 0 Å². The number of nitrogens with zero attached hydrogens (tertiary/aromatic N) is 1. The summed E-state index contributed by atoms with van der Waals surface area (Å²) >= 11 is 5.22. The Labute approximate surface area is 352 Å². The number of fused-ring (bicyclic) bond motifs is 11. The normalized spacial score (nSPS) is 55.6. The largest absolute Gasteiger partial charge is 0.374 e. The third-order valence-corrected chi connectivity index (χ3v) is 25.3. The van der Waals surface area contributed by atoms with Crippen LogP contribution in [0.2, 0.25) is 0 Å². The van der Waals surface area contributed by atoms with Crippen molar-refractivity contribution >= 4 is 23.5 Å². The third-order valence-electron chi connectivity index (χ3n) is 21.4. The van der Waals surface area contributed by atoms with Crippen LogP contribution in [0, 0.1) is 71.0 Å². The summed E-state index contributed by atoms with van der Waals surface area (Å²) in [7, 11) is 0. The summed E-state index contributed by atoms with van der Waals surface area (Å²) in [4.78, 5) is 3.49. The van der Waals surface area contributed by atoms with Crippen molar-refractivity contribution in [2.45, 2.75) is 250 Å². The molecule has 3 saturated heterocycles. The number of hydrogen-bond acceptors (Lipinski definition) is 4. The predicted molar refractivity (Wildman–Crippen MR) is 237 cm³/mol. The number of hydrogen-bond donors (Lipinski definition) is 0. The standard InChI is InChI=1S/C52H83NOS2/c1-2-15-37-32(11-1)12-8-18-38(37)33-25-27-35(28-26-33)53(45-22-10-21-41-40-16-4-6-24-48(40)55-51(41)45)36-14-7-13-34(31-36)39-19-9-20-42-43-29-30-47-49(52(43)56-50(39)42)44-17-3-5-23-46(44)54-47/h32-52H,1-31H2. The molecule has 0 amide bonds. The molecule has 56 heavy (non-hydrogen) atoms. The van der Waals surface area contributed by atoms with E-state index in [2.05, 4.69) is 28.4 Å². The van der Waals surface area contributed by atoms with E-state index in [-0.39, 0.29) is 0 Å². The van der Waals surface area contributed by atoms with Crippen molar-refractivity contribution in [3.8, 4) is 0 Å². The van der Waals surface area contributed by atoms with Crippen molar-refractivity contribution in [2.75, 3.05) is 0 Å². The summed E-state index contributed by atoms with van der Waals surface area (Å²) < 4.78 is 6.93. The molecule has 0 spiro atoms. The minimum atomic E-state index is 0.622. The zero-order valence-corrected chi connectivity index (χ0v) is 37.3. The van der Waals surface area contributed by atoms with E-state index >= 15 is 0 Å². The summed E-state index contributed by atoms with van der Waals surface area (Å²) in [5, 5.41) is 3.91. The van der Waals surface area contributed by atoms with Crippen molar-refractivity contribution in [1.29, 1.82) is 0 Å². The van der Waals surface area contributed by atoms with E-state index in [0.717, 1.165) is 110 Å². The second-order valence-electron chi connectivity index (χ2n) is 23.5. The Kier molecular flexibility index (Phi) is 11.2. The van der Waals surface area contributed by atoms with Gasteiger partial charge in [0.25, 0.3) is 0 Å². The highest BCUT2D eigenvalue weighted by Gasteiger charge is 2.60. The molecule has 12 aliphatic rings. The highest BCUT2D eigenvalue weighted by molar-refractivity contribution is 8.01. The Hall–Kier alpha value is 0.620. The van der Waals surface area contributed by atoms with Gasteiger partial charge in [0, 0.05) is 45.0 Å². The van der Waals surface area contributed by atoms with Gasteiger partial charge in [-0.2, -0.15) is 23.5 Å². The lowest BCUT2D eigenvalue weighted by molar-refractivity contribution is -0.0238. The van der Waals surface area contributed by atoms with Gasteiger partial charge in [0.05, 0.1) is 12.2 Å². The van der Waals surface area contributed by atoms with E-state index in [4.69, 9.17) is 4.74 Å². The van der Waals surface area contributed by atoms with E-state index in [1.165, 1.54) is 57.8 Å². The van der Waals surface area contributed by atoms with Crippen molar-refractivity contribution in [2.24, 2.45) is 71.0 Å². The van der Waals surface area contributed by atoms with E-state index in [1.807, 2.05) is 0 Å². The SMILES string of the molecule is C1CCC2C(C1)CCCC2C1CCC(N(C2CCCC(C3CCCC4C5CCC6OC7CCCCC7C6C5SC34)C2)C2CCCC3C4CCCCC4SC32)CC1. The molecular weight excluding hydrogens is 719 g/mol. The fourth-order valence-electron chi connectivity index (χ4n) is 19.3. The maximum atomic E-state index is 6.93. The van der Waals surface area contributed by atoms with Gasteiger partial charge in [-0.3, -0.25) is 4.90 Å². The molecular formula is C52H83NOS2. The Balaban J connectivity index is 0.790. The Morgan fingerprint density at radius 1 is 0.339 bits per heavy atom. The first kappa shape index (κ1) is 38.3. The van der Waals surface area contributed by atoms with Gasteiger partial charge in [-0.05, 0) is 181 Å². The van der Waals surface area contributed by atoms with Crippen molar-refractivity contribution in [3.63, 3.8) is 0 Å². The molecule has 12 fully saturated rings. The van der Waals surface area contributed by atoms with Crippen LogP contribution in [0.4, 0.5) is 0 Å². The Morgan fingerprint density at radius 2 is 0.946 bits per heavy atom. The van der Waals surface area contributed by atoms with Gasteiger partial charge in [0.2, 0.25) is 0 Å². The summed E-state index contributed by atoms with van der Waals surface area (Å²) in [6.45, 7) is 0. The van der Waals surface area contributed by atoms with Gasteiger partial charge in [0.15, 0.2) is 0 Å². The maximum Gasteiger partial charge on any atom is 0.0621 e. The Bertz CT molecular complexity index is 1350. The molecule has 314 valence electrons. The minimum absolute atomic E-state index is 0.622. The lowest BCUT2D eigenvalue weighted by Gasteiger charge is -2.54. The monoisotopic (exact) mass is 802 g/mol. The molecule has 12 rings (SSSR count). The highest BCUT2D eigenvalue weighted by Crippen LogP contribution is 2.64. The van der Waals surface area contributed by atoms with Crippen LogP contribution in [0.5, 0.6) is 0 Å². The lowest BCUT2D eigenvalue weighted by Crippen LogP contribution is -2.58. The number of ether oxygens (including phenoxy) is 1. The molecule has 0 aromatic carbocycles. The van der Waals surface area contributed by atoms with Gasteiger partial charge < -0.3 is 4.74 Å². The van der Waals surface area contributed by atoms with E-state index in [1.54, 1.807) is 141 Å². The molecule has 19 unspecified atom stereocenters. The second kappa shape index (κ2) is 16.4. The topological polar surface area (TPSA) is 12.5 Å². The molecule has 0 radical (unpaired) electrons. The third kappa shape index (κ3) is 6.74. The van der Waals surface area contributed by atoms with Gasteiger partial charge in [-0.1, -0.05) is 83.5 Å². The average Bonchev–Trinajstić information content (AvgIpc) is 3.96. The lowest BCUT2D eigenvalue weighted by atomic mass is 9.59. The first-order valence-electron chi connectivity index (χ1n) is 26.5. The van der Waals surface area contributed by atoms with Crippen LogP contribution in [0.3, 0.4) is 0 Å². The van der Waals surface area contributed by atoms with E-state index in [9.17, 15) is 0 Å². The molecule has 0 bridgehead atoms. The fraction of sp³-hybridized carbons (Fsp3) is 1.00. The number of rotatable bonds is 5. The molecule has 19 atom stereocenters. The molecule has 3 heterocycles. The smallest absolute Gasteiger partial charge is 0.0621 e. The fourth-order valence-corrected chi connectivity index (χ4v) is 24.1. The van der Waals surface area contributed by atoms with E-state index in [0.29, 0.717) is 12.2 Å². The molecule has 3 aliphatic heterocycles. The van der Waals surface area contributed by atoms with Crippen molar-refractivity contribution in [1.82, 2.24) is 4.90 Å². The number of thioether (sulfide) groups is 2. The summed E-state index contributed by atoms with van der Waals surface area (Å²) in [5.74, 6) is 12.4.